The number of rotatable bonds is 4. The maximum absolute atomic E-state index is 13.0. The maximum atomic E-state index is 13.0. The molecule has 0 aromatic heterocycles. The van der Waals surface area contributed by atoms with Crippen molar-refractivity contribution < 1.29 is 19.1 Å². The molecule has 0 amide bonds. The predicted molar refractivity (Wildman–Crippen MR) is 110 cm³/mol. The molecule has 2 aromatic carbocycles. The summed E-state index contributed by atoms with van der Waals surface area (Å²) >= 11 is 0. The third kappa shape index (κ3) is 2.93. The quantitative estimate of drug-likeness (QED) is 0.491. The minimum atomic E-state index is -1.43. The van der Waals surface area contributed by atoms with E-state index in [0.717, 1.165) is 0 Å². The van der Waals surface area contributed by atoms with Gasteiger partial charge in [0.25, 0.3) is 0 Å². The minimum Gasteiger partial charge on any atom is -0.468 e. The number of methoxy groups -OCH3 is 1. The van der Waals surface area contributed by atoms with E-state index in [1.807, 2.05) is 24.3 Å². The Morgan fingerprint density at radius 1 is 1.14 bits per heavy atom. The molecule has 1 unspecified atom stereocenters. The molecule has 1 N–H and O–H groups in total. The Labute approximate surface area is 170 Å². The third-order valence-corrected chi connectivity index (χ3v) is 6.22. The van der Waals surface area contributed by atoms with Crippen LogP contribution in [0.2, 0.25) is 0 Å². The van der Waals surface area contributed by atoms with Crippen molar-refractivity contribution in [2.75, 3.05) is 13.7 Å². The molecule has 1 heterocycles. The van der Waals surface area contributed by atoms with Gasteiger partial charge in [-0.1, -0.05) is 55.1 Å². The van der Waals surface area contributed by atoms with Crippen LogP contribution in [0.4, 0.5) is 0 Å². The molecular formula is C24H25NO4. The smallest absolute Gasteiger partial charge is 0.322 e. The molecule has 1 aliphatic carbocycles. The lowest BCUT2D eigenvalue weighted by molar-refractivity contribution is -0.174. The van der Waals surface area contributed by atoms with Crippen molar-refractivity contribution in [1.29, 1.82) is 0 Å². The van der Waals surface area contributed by atoms with E-state index >= 15 is 0 Å². The fourth-order valence-electron chi connectivity index (χ4n) is 4.42. The topological polar surface area (TPSA) is 64.6 Å². The number of ketones is 1. The van der Waals surface area contributed by atoms with Gasteiger partial charge in [0.05, 0.1) is 25.4 Å². The molecule has 1 aliphatic heterocycles. The summed E-state index contributed by atoms with van der Waals surface area (Å²) < 4.78 is 11.0. The monoisotopic (exact) mass is 391 g/mol. The summed E-state index contributed by atoms with van der Waals surface area (Å²) in [5, 5.41) is 3.54. The number of fused-ring (bicyclic) bond motifs is 3. The molecule has 2 aromatic rings. The second-order valence-corrected chi connectivity index (χ2v) is 7.83. The summed E-state index contributed by atoms with van der Waals surface area (Å²) in [5.41, 5.74) is 3.60. The first-order valence-corrected chi connectivity index (χ1v) is 9.78. The van der Waals surface area contributed by atoms with Crippen LogP contribution in [0, 0.1) is 5.41 Å². The van der Waals surface area contributed by atoms with Crippen LogP contribution in [0.5, 0.6) is 0 Å². The lowest BCUT2D eigenvalue weighted by Crippen LogP contribution is -2.58. The van der Waals surface area contributed by atoms with E-state index in [0.29, 0.717) is 12.1 Å². The number of hydrogen-bond donors (Lipinski definition) is 1. The van der Waals surface area contributed by atoms with Crippen molar-refractivity contribution in [2.45, 2.75) is 32.1 Å². The van der Waals surface area contributed by atoms with Gasteiger partial charge < -0.3 is 14.8 Å². The predicted octanol–water partition coefficient (Wildman–Crippen LogP) is 3.44. The van der Waals surface area contributed by atoms with Crippen molar-refractivity contribution in [3.8, 4) is 11.1 Å². The summed E-state index contributed by atoms with van der Waals surface area (Å²) in [6.07, 6.45) is -1.11. The Bertz CT molecular complexity index is 952. The Balaban J connectivity index is 1.65. The Morgan fingerprint density at radius 2 is 1.69 bits per heavy atom. The first kappa shape index (κ1) is 19.6. The number of carbonyl (C=O) groups is 2. The van der Waals surface area contributed by atoms with Crippen molar-refractivity contribution in [3.63, 3.8) is 0 Å². The van der Waals surface area contributed by atoms with Crippen molar-refractivity contribution >= 4 is 11.8 Å². The zero-order valence-electron chi connectivity index (χ0n) is 16.9. The van der Waals surface area contributed by atoms with E-state index in [2.05, 4.69) is 36.2 Å². The van der Waals surface area contributed by atoms with E-state index in [4.69, 9.17) is 9.47 Å². The normalized spacial score (nSPS) is 26.2. The van der Waals surface area contributed by atoms with Crippen molar-refractivity contribution in [1.82, 2.24) is 5.32 Å². The molecule has 5 heteroatoms. The molecule has 0 radical (unpaired) electrons. The average Bonchev–Trinajstić information content (AvgIpc) is 3.07. The van der Waals surface area contributed by atoms with Crippen LogP contribution in [0.3, 0.4) is 0 Å². The molecule has 5 nitrogen and oxygen atoms in total. The highest BCUT2D eigenvalue weighted by Gasteiger charge is 2.55. The number of carbonyl (C=O) groups excluding carboxylic acids is 2. The largest absolute Gasteiger partial charge is 0.468 e. The standard InChI is InChI=1S/C24H25NO4/c1-14-15(2)29-20(24(3,22(14)26)23(27)28-4)13-25-21-18-11-7-5-9-16(18)17-10-6-8-12-19(17)21/h5-12,15,20-21,25H,1,13H2,2-4H3/t15-,20?,24+/m0/s1. The molecule has 3 atom stereocenters. The van der Waals surface area contributed by atoms with E-state index in [1.54, 1.807) is 13.8 Å². The van der Waals surface area contributed by atoms with Crippen molar-refractivity contribution in [3.05, 3.63) is 71.8 Å². The highest BCUT2D eigenvalue weighted by atomic mass is 16.5. The first-order valence-electron chi connectivity index (χ1n) is 9.78. The lowest BCUT2D eigenvalue weighted by atomic mass is 9.73. The summed E-state index contributed by atoms with van der Waals surface area (Å²) in [6.45, 7) is 7.51. The van der Waals surface area contributed by atoms with E-state index in [-0.39, 0.29) is 11.8 Å². The molecule has 1 fully saturated rings. The molecule has 2 aliphatic rings. The van der Waals surface area contributed by atoms with Gasteiger partial charge >= 0.3 is 5.97 Å². The van der Waals surface area contributed by atoms with Gasteiger partial charge in [0.1, 0.15) is 0 Å². The van der Waals surface area contributed by atoms with Gasteiger partial charge in [-0.05, 0) is 36.1 Å². The van der Waals surface area contributed by atoms with Crippen LogP contribution < -0.4 is 5.32 Å². The Kier molecular flexibility index (Phi) is 4.89. The third-order valence-electron chi connectivity index (χ3n) is 6.22. The SMILES string of the molecule is C=C1C(=O)[C@](C)(C(=O)OC)C(CNC2c3ccccc3-c3ccccc32)O[C@H]1C. The molecule has 0 bridgehead atoms. The molecule has 150 valence electrons. The van der Waals surface area contributed by atoms with Gasteiger partial charge in [-0.15, -0.1) is 0 Å². The zero-order chi connectivity index (χ0) is 20.8. The highest BCUT2D eigenvalue weighted by molar-refractivity contribution is 6.13. The second-order valence-electron chi connectivity index (χ2n) is 7.83. The molecule has 0 spiro atoms. The van der Waals surface area contributed by atoms with Gasteiger partial charge in [0.15, 0.2) is 11.2 Å². The Hall–Kier alpha value is -2.76. The van der Waals surface area contributed by atoms with Crippen LogP contribution in [0.15, 0.2) is 60.7 Å². The first-order chi connectivity index (χ1) is 13.9. The van der Waals surface area contributed by atoms with E-state index in [9.17, 15) is 9.59 Å². The number of esters is 1. The van der Waals surface area contributed by atoms with Crippen LogP contribution >= 0.6 is 0 Å². The fraction of sp³-hybridized carbons (Fsp3) is 0.333. The molecule has 4 rings (SSSR count). The van der Waals surface area contributed by atoms with Gasteiger partial charge in [-0.3, -0.25) is 9.59 Å². The number of benzene rings is 2. The summed E-state index contributed by atoms with van der Waals surface area (Å²) in [4.78, 5) is 25.5. The van der Waals surface area contributed by atoms with Crippen LogP contribution in [0.25, 0.3) is 11.1 Å². The fourth-order valence-corrected chi connectivity index (χ4v) is 4.42. The summed E-state index contributed by atoms with van der Waals surface area (Å²) in [5.74, 6) is -0.920. The zero-order valence-corrected chi connectivity index (χ0v) is 16.9. The van der Waals surface area contributed by atoms with Gasteiger partial charge in [0, 0.05) is 12.1 Å². The summed E-state index contributed by atoms with van der Waals surface area (Å²) in [7, 11) is 1.29. The van der Waals surface area contributed by atoms with Gasteiger partial charge in [-0.2, -0.15) is 0 Å². The maximum Gasteiger partial charge on any atom is 0.322 e. The lowest BCUT2D eigenvalue weighted by Gasteiger charge is -2.41. The van der Waals surface area contributed by atoms with Crippen LogP contribution in [-0.4, -0.2) is 37.6 Å². The van der Waals surface area contributed by atoms with E-state index in [1.165, 1.54) is 29.4 Å². The van der Waals surface area contributed by atoms with E-state index < -0.39 is 23.6 Å². The summed E-state index contributed by atoms with van der Waals surface area (Å²) in [6, 6.07) is 16.5. The highest BCUT2D eigenvalue weighted by Crippen LogP contribution is 2.44. The number of Topliss-reactive ketones (excluding diaryl/α,β-unsaturated/α-hetero) is 1. The number of ether oxygens (including phenoxy) is 2. The number of nitrogens with one attached hydrogen (secondary N) is 1. The molecule has 29 heavy (non-hydrogen) atoms. The van der Waals surface area contributed by atoms with Crippen LogP contribution in [-0.2, 0) is 19.1 Å². The second kappa shape index (κ2) is 7.25. The van der Waals surface area contributed by atoms with Gasteiger partial charge in [-0.25, -0.2) is 0 Å². The van der Waals surface area contributed by atoms with Crippen LogP contribution in [0.1, 0.15) is 31.0 Å². The molecular weight excluding hydrogens is 366 g/mol. The molecule has 0 saturated carbocycles. The minimum absolute atomic E-state index is 0.0385. The Morgan fingerprint density at radius 3 is 2.24 bits per heavy atom. The molecule has 1 saturated heterocycles. The number of hydrogen-bond acceptors (Lipinski definition) is 5. The van der Waals surface area contributed by atoms with Crippen molar-refractivity contribution in [2.24, 2.45) is 5.41 Å². The average molecular weight is 391 g/mol. The van der Waals surface area contributed by atoms with Gasteiger partial charge in [0.2, 0.25) is 0 Å².